The van der Waals surface area contributed by atoms with E-state index in [9.17, 15) is 0 Å². The van der Waals surface area contributed by atoms with Crippen molar-refractivity contribution in [1.82, 2.24) is 20.3 Å². The molecule has 0 spiro atoms. The van der Waals surface area contributed by atoms with Crippen molar-refractivity contribution < 1.29 is 4.52 Å². The quantitative estimate of drug-likeness (QED) is 0.857. The molecule has 1 atom stereocenters. The summed E-state index contributed by atoms with van der Waals surface area (Å²) < 4.78 is 7.07. The molecule has 5 heteroatoms. The molecule has 0 bridgehead atoms. The molecule has 92 valence electrons. The summed E-state index contributed by atoms with van der Waals surface area (Å²) in [5.41, 5.74) is 2.12. The smallest absolute Gasteiger partial charge is 0.138 e. The molecule has 0 radical (unpaired) electrons. The molecule has 2 rings (SSSR count). The van der Waals surface area contributed by atoms with E-state index in [2.05, 4.69) is 22.5 Å². The maximum Gasteiger partial charge on any atom is 0.138 e. The summed E-state index contributed by atoms with van der Waals surface area (Å²) in [5, 5.41) is 11.6. The third kappa shape index (κ3) is 2.74. The Morgan fingerprint density at radius 1 is 1.47 bits per heavy atom. The zero-order chi connectivity index (χ0) is 12.3. The second-order valence-electron chi connectivity index (χ2n) is 4.18. The van der Waals surface area contributed by atoms with E-state index in [-0.39, 0.29) is 6.04 Å². The van der Waals surface area contributed by atoms with E-state index in [0.29, 0.717) is 0 Å². The minimum Gasteiger partial charge on any atom is -0.361 e. The zero-order valence-electron chi connectivity index (χ0n) is 10.5. The van der Waals surface area contributed by atoms with Gasteiger partial charge in [-0.3, -0.25) is 4.68 Å². The third-order valence-corrected chi connectivity index (χ3v) is 2.87. The number of hydrogen-bond donors (Lipinski definition) is 1. The lowest BCUT2D eigenvalue weighted by molar-refractivity contribution is 0.390. The standard InChI is InChI=1S/C12H18N4O/c1-9(12-10(2)15-17-11(12)3)13-6-8-16-7-4-5-14-16/h4-5,7,9,13H,6,8H2,1-3H3. The lowest BCUT2D eigenvalue weighted by atomic mass is 10.1. The second-order valence-corrected chi connectivity index (χ2v) is 4.18. The first-order chi connectivity index (χ1) is 8.18. The van der Waals surface area contributed by atoms with Gasteiger partial charge in [-0.2, -0.15) is 5.10 Å². The molecule has 2 aromatic heterocycles. The maximum absolute atomic E-state index is 5.16. The highest BCUT2D eigenvalue weighted by molar-refractivity contribution is 5.24. The number of nitrogens with one attached hydrogen (secondary N) is 1. The Kier molecular flexibility index (Phi) is 3.58. The highest BCUT2D eigenvalue weighted by Gasteiger charge is 2.15. The molecular formula is C12H18N4O. The fourth-order valence-corrected chi connectivity index (χ4v) is 2.04. The first-order valence-corrected chi connectivity index (χ1v) is 5.82. The van der Waals surface area contributed by atoms with Crippen LogP contribution in [0.25, 0.3) is 0 Å². The summed E-state index contributed by atoms with van der Waals surface area (Å²) in [5.74, 6) is 0.890. The summed E-state index contributed by atoms with van der Waals surface area (Å²) >= 11 is 0. The molecule has 2 aromatic rings. The number of nitrogens with zero attached hydrogens (tertiary/aromatic N) is 3. The van der Waals surface area contributed by atoms with E-state index in [1.807, 2.05) is 30.8 Å². The van der Waals surface area contributed by atoms with Crippen molar-refractivity contribution in [2.75, 3.05) is 6.54 Å². The van der Waals surface area contributed by atoms with Crippen LogP contribution in [0, 0.1) is 13.8 Å². The fourth-order valence-electron chi connectivity index (χ4n) is 2.04. The van der Waals surface area contributed by atoms with E-state index >= 15 is 0 Å². The van der Waals surface area contributed by atoms with Crippen molar-refractivity contribution in [2.45, 2.75) is 33.4 Å². The van der Waals surface area contributed by atoms with Crippen LogP contribution in [0.3, 0.4) is 0 Å². The van der Waals surface area contributed by atoms with Gasteiger partial charge in [0.1, 0.15) is 5.76 Å². The summed E-state index contributed by atoms with van der Waals surface area (Å²) in [6, 6.07) is 2.18. The van der Waals surface area contributed by atoms with E-state index in [1.54, 1.807) is 6.20 Å². The molecule has 1 N–H and O–H groups in total. The predicted octanol–water partition coefficient (Wildman–Crippen LogP) is 1.84. The van der Waals surface area contributed by atoms with Crippen LogP contribution in [0.1, 0.15) is 30.0 Å². The van der Waals surface area contributed by atoms with Crippen molar-refractivity contribution in [3.05, 3.63) is 35.5 Å². The molecule has 0 aromatic carbocycles. The molecule has 1 unspecified atom stereocenters. The van der Waals surface area contributed by atoms with Gasteiger partial charge < -0.3 is 9.84 Å². The SMILES string of the molecule is Cc1noc(C)c1C(C)NCCn1cccn1. The maximum atomic E-state index is 5.16. The van der Waals surface area contributed by atoms with E-state index < -0.39 is 0 Å². The Labute approximate surface area is 101 Å². The van der Waals surface area contributed by atoms with Crippen molar-refractivity contribution >= 4 is 0 Å². The molecule has 0 aliphatic heterocycles. The number of rotatable bonds is 5. The molecule has 0 aliphatic rings. The Morgan fingerprint density at radius 3 is 2.88 bits per heavy atom. The van der Waals surface area contributed by atoms with Crippen LogP contribution < -0.4 is 5.32 Å². The minimum atomic E-state index is 0.247. The first kappa shape index (κ1) is 11.9. The molecule has 0 fully saturated rings. The summed E-state index contributed by atoms with van der Waals surface area (Å²) in [6.45, 7) is 7.77. The minimum absolute atomic E-state index is 0.247. The van der Waals surface area contributed by atoms with Gasteiger partial charge in [0.25, 0.3) is 0 Å². The third-order valence-electron chi connectivity index (χ3n) is 2.87. The van der Waals surface area contributed by atoms with Crippen molar-refractivity contribution in [3.8, 4) is 0 Å². The van der Waals surface area contributed by atoms with Gasteiger partial charge in [0.2, 0.25) is 0 Å². The van der Waals surface area contributed by atoms with E-state index in [1.165, 1.54) is 0 Å². The number of aryl methyl sites for hydroxylation is 2. The van der Waals surface area contributed by atoms with Crippen LogP contribution in [0.15, 0.2) is 23.0 Å². The van der Waals surface area contributed by atoms with Gasteiger partial charge in [0.15, 0.2) is 0 Å². The molecule has 0 aliphatic carbocycles. The van der Waals surface area contributed by atoms with Crippen LogP contribution in [0.5, 0.6) is 0 Å². The lowest BCUT2D eigenvalue weighted by Crippen LogP contribution is -2.24. The largest absolute Gasteiger partial charge is 0.361 e. The highest BCUT2D eigenvalue weighted by atomic mass is 16.5. The first-order valence-electron chi connectivity index (χ1n) is 5.82. The van der Waals surface area contributed by atoms with Crippen LogP contribution >= 0.6 is 0 Å². The van der Waals surface area contributed by atoms with Gasteiger partial charge in [-0.05, 0) is 26.8 Å². The molecular weight excluding hydrogens is 216 g/mol. The van der Waals surface area contributed by atoms with Crippen LogP contribution in [-0.4, -0.2) is 21.5 Å². The van der Waals surface area contributed by atoms with Crippen LogP contribution in [0.4, 0.5) is 0 Å². The van der Waals surface area contributed by atoms with Gasteiger partial charge in [0, 0.05) is 30.5 Å². The van der Waals surface area contributed by atoms with Gasteiger partial charge in [-0.1, -0.05) is 5.16 Å². The molecule has 2 heterocycles. The fraction of sp³-hybridized carbons (Fsp3) is 0.500. The van der Waals surface area contributed by atoms with Gasteiger partial charge in [-0.25, -0.2) is 0 Å². The van der Waals surface area contributed by atoms with Gasteiger partial charge >= 0.3 is 0 Å². The highest BCUT2D eigenvalue weighted by Crippen LogP contribution is 2.20. The average molecular weight is 234 g/mol. The number of aromatic nitrogens is 3. The van der Waals surface area contributed by atoms with Crippen molar-refractivity contribution in [1.29, 1.82) is 0 Å². The van der Waals surface area contributed by atoms with E-state index in [4.69, 9.17) is 4.52 Å². The topological polar surface area (TPSA) is 55.9 Å². The Bertz CT molecular complexity index is 441. The molecule has 17 heavy (non-hydrogen) atoms. The van der Waals surface area contributed by atoms with Crippen molar-refractivity contribution in [2.24, 2.45) is 0 Å². The molecule has 0 saturated carbocycles. The van der Waals surface area contributed by atoms with Crippen molar-refractivity contribution in [3.63, 3.8) is 0 Å². The van der Waals surface area contributed by atoms with Crippen LogP contribution in [0.2, 0.25) is 0 Å². The average Bonchev–Trinajstić information content (AvgIpc) is 2.89. The van der Waals surface area contributed by atoms with Gasteiger partial charge in [0.05, 0.1) is 12.2 Å². The summed E-state index contributed by atoms with van der Waals surface area (Å²) in [6.07, 6.45) is 3.75. The normalized spacial score (nSPS) is 12.9. The zero-order valence-corrected chi connectivity index (χ0v) is 10.5. The number of hydrogen-bond acceptors (Lipinski definition) is 4. The second kappa shape index (κ2) is 5.14. The molecule has 0 amide bonds. The molecule has 0 saturated heterocycles. The summed E-state index contributed by atoms with van der Waals surface area (Å²) in [4.78, 5) is 0. The molecule has 5 nitrogen and oxygen atoms in total. The Balaban J connectivity index is 1.87. The lowest BCUT2D eigenvalue weighted by Gasteiger charge is -2.13. The summed E-state index contributed by atoms with van der Waals surface area (Å²) in [7, 11) is 0. The predicted molar refractivity (Wildman–Crippen MR) is 64.6 cm³/mol. The van der Waals surface area contributed by atoms with E-state index in [0.717, 1.165) is 30.1 Å². The van der Waals surface area contributed by atoms with Crippen LogP contribution in [-0.2, 0) is 6.54 Å². The Morgan fingerprint density at radius 2 is 2.29 bits per heavy atom. The monoisotopic (exact) mass is 234 g/mol. The Hall–Kier alpha value is -1.62. The van der Waals surface area contributed by atoms with Gasteiger partial charge in [-0.15, -0.1) is 0 Å².